The molecule has 3 rings (SSSR count). The quantitative estimate of drug-likeness (QED) is 0.324. The van der Waals surface area contributed by atoms with Gasteiger partial charge >= 0.3 is 0 Å². The molecule has 0 aliphatic carbocycles. The summed E-state index contributed by atoms with van der Waals surface area (Å²) in [5.41, 5.74) is 3.82. The van der Waals surface area contributed by atoms with Crippen molar-refractivity contribution in [1.82, 2.24) is 15.6 Å². The highest BCUT2D eigenvalue weighted by Gasteiger charge is 2.10. The monoisotopic (exact) mass is 423 g/mol. The Morgan fingerprint density at radius 3 is 2.81 bits per heavy atom. The fourth-order valence-electron chi connectivity index (χ4n) is 3.29. The van der Waals surface area contributed by atoms with Gasteiger partial charge in [-0.1, -0.05) is 26.0 Å². The number of amides is 1. The normalized spacial score (nSPS) is 12.6. The molecule has 1 heterocycles. The van der Waals surface area contributed by atoms with Crippen molar-refractivity contribution in [2.24, 2.45) is 10.9 Å². The van der Waals surface area contributed by atoms with Gasteiger partial charge in [0.2, 0.25) is 5.91 Å². The number of anilines is 1. The van der Waals surface area contributed by atoms with Gasteiger partial charge < -0.3 is 20.9 Å². The minimum Gasteiger partial charge on any atom is -0.361 e. The average Bonchev–Trinajstić information content (AvgIpc) is 3.17. The Bertz CT molecular complexity index is 1060. The number of aromatic amines is 1. The molecule has 1 atom stereocenters. The van der Waals surface area contributed by atoms with Gasteiger partial charge in [-0.05, 0) is 54.3 Å². The maximum atomic E-state index is 13.5. The molecule has 0 bridgehead atoms. The molecule has 0 spiro atoms. The zero-order valence-electron chi connectivity index (χ0n) is 18.3. The number of aromatic nitrogens is 1. The van der Waals surface area contributed by atoms with E-state index in [1.165, 1.54) is 6.07 Å². The van der Waals surface area contributed by atoms with Gasteiger partial charge in [-0.15, -0.1) is 0 Å². The largest absolute Gasteiger partial charge is 0.361 e. The standard InChI is InChI=1S/C24H30FN5O/c1-4-16(2)23(31)30-20-7-5-6-17(12-20)14-29-24(26-3)27-11-10-18-15-28-22-9-8-19(25)13-21(18)22/h5-9,12-13,15-16,28H,4,10-11,14H2,1-3H3,(H,30,31)(H2,26,27,29). The first-order valence-corrected chi connectivity index (χ1v) is 10.6. The topological polar surface area (TPSA) is 81.3 Å². The third-order valence-electron chi connectivity index (χ3n) is 5.35. The Morgan fingerprint density at radius 2 is 2.03 bits per heavy atom. The fraction of sp³-hybridized carbons (Fsp3) is 0.333. The van der Waals surface area contributed by atoms with Gasteiger partial charge in [0.15, 0.2) is 5.96 Å². The predicted molar refractivity (Wildman–Crippen MR) is 125 cm³/mol. The first-order valence-electron chi connectivity index (χ1n) is 10.6. The fourth-order valence-corrected chi connectivity index (χ4v) is 3.29. The Balaban J connectivity index is 1.51. The number of fused-ring (bicyclic) bond motifs is 1. The van der Waals surface area contributed by atoms with Crippen LogP contribution in [0.2, 0.25) is 0 Å². The Labute approximate surface area is 182 Å². The number of carbonyl (C=O) groups is 1. The number of halogens is 1. The molecular weight excluding hydrogens is 393 g/mol. The van der Waals surface area contributed by atoms with Crippen molar-refractivity contribution in [3.63, 3.8) is 0 Å². The number of hydrogen-bond donors (Lipinski definition) is 4. The molecule has 31 heavy (non-hydrogen) atoms. The first kappa shape index (κ1) is 22.3. The van der Waals surface area contributed by atoms with Crippen LogP contribution in [0.4, 0.5) is 10.1 Å². The number of carbonyl (C=O) groups excluding carboxylic acids is 1. The van der Waals surface area contributed by atoms with E-state index in [1.54, 1.807) is 19.2 Å². The summed E-state index contributed by atoms with van der Waals surface area (Å²) in [4.78, 5) is 19.5. The molecule has 1 aromatic heterocycles. The summed E-state index contributed by atoms with van der Waals surface area (Å²) in [6.07, 6.45) is 3.46. The van der Waals surface area contributed by atoms with E-state index in [9.17, 15) is 9.18 Å². The van der Waals surface area contributed by atoms with E-state index in [0.717, 1.165) is 40.6 Å². The maximum Gasteiger partial charge on any atom is 0.227 e. The third kappa shape index (κ3) is 6.07. The highest BCUT2D eigenvalue weighted by Crippen LogP contribution is 2.19. The molecule has 0 saturated carbocycles. The number of benzene rings is 2. The second kappa shape index (κ2) is 10.6. The molecule has 0 radical (unpaired) electrons. The number of aliphatic imine (C=N–C) groups is 1. The number of H-pyrrole nitrogens is 1. The molecule has 6 nitrogen and oxygen atoms in total. The Kier molecular flexibility index (Phi) is 7.65. The predicted octanol–water partition coefficient (Wildman–Crippen LogP) is 4.20. The van der Waals surface area contributed by atoms with Crippen molar-refractivity contribution in [1.29, 1.82) is 0 Å². The SMILES string of the molecule is CCC(C)C(=O)Nc1cccc(CNC(=NC)NCCc2c[nH]c3ccc(F)cc23)c1. The summed E-state index contributed by atoms with van der Waals surface area (Å²) in [6, 6.07) is 12.5. The molecule has 164 valence electrons. The van der Waals surface area contributed by atoms with Crippen molar-refractivity contribution >= 4 is 28.5 Å². The summed E-state index contributed by atoms with van der Waals surface area (Å²) in [5, 5.41) is 10.4. The van der Waals surface area contributed by atoms with Crippen molar-refractivity contribution in [2.45, 2.75) is 33.2 Å². The first-order chi connectivity index (χ1) is 15.0. The molecule has 0 aliphatic heterocycles. The molecule has 4 N–H and O–H groups in total. The van der Waals surface area contributed by atoms with Gasteiger partial charge in [0.25, 0.3) is 0 Å². The van der Waals surface area contributed by atoms with Gasteiger partial charge in [-0.25, -0.2) is 4.39 Å². The summed E-state index contributed by atoms with van der Waals surface area (Å²) in [7, 11) is 1.72. The van der Waals surface area contributed by atoms with Crippen LogP contribution in [0.5, 0.6) is 0 Å². The van der Waals surface area contributed by atoms with Gasteiger partial charge in [-0.3, -0.25) is 9.79 Å². The van der Waals surface area contributed by atoms with Crippen molar-refractivity contribution in [2.75, 3.05) is 18.9 Å². The summed E-state index contributed by atoms with van der Waals surface area (Å²) >= 11 is 0. The van der Waals surface area contributed by atoms with Gasteiger partial charge in [0.05, 0.1) is 0 Å². The van der Waals surface area contributed by atoms with E-state index in [1.807, 2.05) is 44.3 Å². The third-order valence-corrected chi connectivity index (χ3v) is 5.35. The maximum absolute atomic E-state index is 13.5. The van der Waals surface area contributed by atoms with Crippen LogP contribution in [-0.4, -0.2) is 30.4 Å². The number of nitrogens with one attached hydrogen (secondary N) is 4. The highest BCUT2D eigenvalue weighted by molar-refractivity contribution is 5.92. The second-order valence-electron chi connectivity index (χ2n) is 7.61. The minimum absolute atomic E-state index is 0.0153. The van der Waals surface area contributed by atoms with Crippen LogP contribution in [0, 0.1) is 11.7 Å². The highest BCUT2D eigenvalue weighted by atomic mass is 19.1. The molecule has 7 heteroatoms. The smallest absolute Gasteiger partial charge is 0.227 e. The molecule has 0 aliphatic rings. The van der Waals surface area contributed by atoms with Crippen molar-refractivity contribution in [3.05, 3.63) is 65.6 Å². The zero-order valence-corrected chi connectivity index (χ0v) is 18.3. The van der Waals surface area contributed by atoms with E-state index >= 15 is 0 Å². The van der Waals surface area contributed by atoms with E-state index < -0.39 is 0 Å². The van der Waals surface area contributed by atoms with E-state index in [0.29, 0.717) is 19.0 Å². The lowest BCUT2D eigenvalue weighted by molar-refractivity contribution is -0.119. The van der Waals surface area contributed by atoms with Crippen LogP contribution >= 0.6 is 0 Å². The van der Waals surface area contributed by atoms with Crippen LogP contribution in [0.1, 0.15) is 31.4 Å². The Morgan fingerprint density at radius 1 is 1.19 bits per heavy atom. The average molecular weight is 424 g/mol. The minimum atomic E-state index is -0.235. The molecular formula is C24H30FN5O. The van der Waals surface area contributed by atoms with Gasteiger partial charge in [0, 0.05) is 48.8 Å². The number of guanidine groups is 1. The van der Waals surface area contributed by atoms with Gasteiger partial charge in [0.1, 0.15) is 5.82 Å². The Hall–Kier alpha value is -3.35. The molecule has 2 aromatic carbocycles. The number of hydrogen-bond acceptors (Lipinski definition) is 2. The van der Waals surface area contributed by atoms with Crippen LogP contribution in [0.25, 0.3) is 10.9 Å². The zero-order chi connectivity index (χ0) is 22.2. The molecule has 0 saturated heterocycles. The lowest BCUT2D eigenvalue weighted by Crippen LogP contribution is -2.37. The van der Waals surface area contributed by atoms with Crippen LogP contribution in [-0.2, 0) is 17.8 Å². The molecule has 3 aromatic rings. The molecule has 1 unspecified atom stereocenters. The van der Waals surface area contributed by atoms with Crippen LogP contribution in [0.15, 0.2) is 53.7 Å². The lowest BCUT2D eigenvalue weighted by Gasteiger charge is -2.13. The number of rotatable bonds is 8. The summed E-state index contributed by atoms with van der Waals surface area (Å²) in [5.74, 6) is 0.460. The molecule has 1 amide bonds. The molecule has 0 fully saturated rings. The van der Waals surface area contributed by atoms with Crippen LogP contribution in [0.3, 0.4) is 0 Å². The van der Waals surface area contributed by atoms with E-state index in [2.05, 4.69) is 25.9 Å². The van der Waals surface area contributed by atoms with Crippen molar-refractivity contribution < 1.29 is 9.18 Å². The number of nitrogens with zero attached hydrogens (tertiary/aromatic N) is 1. The lowest BCUT2D eigenvalue weighted by atomic mass is 10.1. The second-order valence-corrected chi connectivity index (χ2v) is 7.61. The summed E-state index contributed by atoms with van der Waals surface area (Å²) < 4.78 is 13.5. The van der Waals surface area contributed by atoms with Crippen LogP contribution < -0.4 is 16.0 Å². The van der Waals surface area contributed by atoms with E-state index in [-0.39, 0.29) is 17.6 Å². The van der Waals surface area contributed by atoms with E-state index in [4.69, 9.17) is 0 Å². The summed E-state index contributed by atoms with van der Waals surface area (Å²) in [6.45, 7) is 5.16. The van der Waals surface area contributed by atoms with Gasteiger partial charge in [-0.2, -0.15) is 0 Å². The van der Waals surface area contributed by atoms with Crippen molar-refractivity contribution in [3.8, 4) is 0 Å².